The van der Waals surface area contributed by atoms with Crippen LogP contribution in [0.1, 0.15) is 26.2 Å². The van der Waals surface area contributed by atoms with Gasteiger partial charge in [-0.25, -0.2) is 0 Å². The van der Waals surface area contributed by atoms with Crippen LogP contribution in [0.3, 0.4) is 0 Å². The van der Waals surface area contributed by atoms with Crippen LogP contribution in [0.15, 0.2) is 0 Å². The molecule has 0 amide bonds. The van der Waals surface area contributed by atoms with E-state index >= 15 is 0 Å². The van der Waals surface area contributed by atoms with Gasteiger partial charge in [0, 0.05) is 0 Å². The molecule has 0 radical (unpaired) electrons. The number of hydrogen-bond acceptors (Lipinski definition) is 1. The lowest BCUT2D eigenvalue weighted by atomic mass is 9.88. The van der Waals surface area contributed by atoms with Crippen LogP contribution < -0.4 is 0 Å². The smallest absolute Gasteiger partial charge is 0.0596 e. The average Bonchev–Trinajstić information content (AvgIpc) is 2.58. The third-order valence-electron chi connectivity index (χ3n) is 2.99. The van der Waals surface area contributed by atoms with Gasteiger partial charge in [0.25, 0.3) is 0 Å². The van der Waals surface area contributed by atoms with Crippen LogP contribution >= 0.6 is 0 Å². The van der Waals surface area contributed by atoms with Crippen LogP contribution in [0, 0.1) is 17.8 Å². The minimum absolute atomic E-state index is 0.0451. The molecule has 0 unspecified atom stereocenters. The molecule has 0 aromatic carbocycles. The zero-order chi connectivity index (χ0) is 6.43. The lowest BCUT2D eigenvalue weighted by Crippen LogP contribution is -2.24. The third kappa shape index (κ3) is 0.787. The van der Waals surface area contributed by atoms with Gasteiger partial charge in [-0.1, -0.05) is 6.92 Å². The molecule has 1 heteroatoms. The van der Waals surface area contributed by atoms with Crippen molar-refractivity contribution in [2.75, 3.05) is 0 Å². The molecule has 4 atom stereocenters. The quantitative estimate of drug-likeness (QED) is 0.520. The van der Waals surface area contributed by atoms with E-state index in [1.807, 2.05) is 0 Å². The van der Waals surface area contributed by atoms with Gasteiger partial charge in [-0.2, -0.15) is 0 Å². The summed E-state index contributed by atoms with van der Waals surface area (Å²) in [7, 11) is 0. The largest absolute Gasteiger partial charge is 0.393 e. The minimum atomic E-state index is 0.0451. The zero-order valence-electron chi connectivity index (χ0n) is 5.88. The SMILES string of the molecule is C[C@H]1CC[C@@H]2C[C@@H]2[C@H]1O. The lowest BCUT2D eigenvalue weighted by Gasteiger charge is -2.23. The van der Waals surface area contributed by atoms with E-state index in [1.54, 1.807) is 0 Å². The van der Waals surface area contributed by atoms with Gasteiger partial charge in [-0.15, -0.1) is 0 Å². The summed E-state index contributed by atoms with van der Waals surface area (Å²) >= 11 is 0. The van der Waals surface area contributed by atoms with Crippen LogP contribution in [0.2, 0.25) is 0 Å². The Morgan fingerprint density at radius 2 is 2.11 bits per heavy atom. The van der Waals surface area contributed by atoms with E-state index in [-0.39, 0.29) is 6.10 Å². The normalized spacial score (nSPS) is 56.7. The molecule has 1 N–H and O–H groups in total. The van der Waals surface area contributed by atoms with Crippen molar-refractivity contribution in [1.82, 2.24) is 0 Å². The first-order chi connectivity index (χ1) is 4.29. The molecule has 9 heavy (non-hydrogen) atoms. The predicted octanol–water partition coefficient (Wildman–Crippen LogP) is 1.41. The molecule has 0 spiro atoms. The van der Waals surface area contributed by atoms with Gasteiger partial charge in [0.1, 0.15) is 0 Å². The fourth-order valence-electron chi connectivity index (χ4n) is 2.09. The summed E-state index contributed by atoms with van der Waals surface area (Å²) < 4.78 is 0. The van der Waals surface area contributed by atoms with E-state index < -0.39 is 0 Å². The maximum Gasteiger partial charge on any atom is 0.0596 e. The molecule has 2 aliphatic carbocycles. The highest BCUT2D eigenvalue weighted by Crippen LogP contribution is 2.51. The van der Waals surface area contributed by atoms with Gasteiger partial charge < -0.3 is 5.11 Å². The number of rotatable bonds is 0. The summed E-state index contributed by atoms with van der Waals surface area (Å²) in [4.78, 5) is 0. The van der Waals surface area contributed by atoms with Crippen LogP contribution in [0.25, 0.3) is 0 Å². The summed E-state index contributed by atoms with van der Waals surface area (Å²) in [6.45, 7) is 2.17. The summed E-state index contributed by atoms with van der Waals surface area (Å²) in [5.74, 6) is 2.19. The minimum Gasteiger partial charge on any atom is -0.393 e. The molecule has 52 valence electrons. The molecule has 0 aromatic rings. The Labute approximate surface area is 56.1 Å². The van der Waals surface area contributed by atoms with Gasteiger partial charge in [0.15, 0.2) is 0 Å². The van der Waals surface area contributed by atoms with E-state index in [9.17, 15) is 5.11 Å². The first kappa shape index (κ1) is 5.72. The van der Waals surface area contributed by atoms with Gasteiger partial charge >= 0.3 is 0 Å². The van der Waals surface area contributed by atoms with Crippen LogP contribution in [0.4, 0.5) is 0 Å². The molecule has 2 rings (SSSR count). The summed E-state index contributed by atoms with van der Waals surface area (Å²) in [5.41, 5.74) is 0. The average molecular weight is 126 g/mol. The predicted molar refractivity (Wildman–Crippen MR) is 36.0 cm³/mol. The molecule has 0 bridgehead atoms. The molecule has 0 heterocycles. The molecular formula is C8H14O. The van der Waals surface area contributed by atoms with E-state index in [0.717, 1.165) is 5.92 Å². The number of aliphatic hydroxyl groups excluding tert-OH is 1. The van der Waals surface area contributed by atoms with E-state index in [0.29, 0.717) is 11.8 Å². The highest BCUT2D eigenvalue weighted by Gasteiger charge is 2.47. The van der Waals surface area contributed by atoms with Crippen molar-refractivity contribution in [2.24, 2.45) is 17.8 Å². The Balaban J connectivity index is 2.02. The van der Waals surface area contributed by atoms with Gasteiger partial charge in [0.2, 0.25) is 0 Å². The molecule has 0 saturated heterocycles. The van der Waals surface area contributed by atoms with E-state index in [1.165, 1.54) is 19.3 Å². The maximum absolute atomic E-state index is 9.49. The van der Waals surface area contributed by atoms with Crippen LogP contribution in [-0.4, -0.2) is 11.2 Å². The Morgan fingerprint density at radius 1 is 1.33 bits per heavy atom. The third-order valence-corrected chi connectivity index (χ3v) is 2.99. The second kappa shape index (κ2) is 1.72. The summed E-state index contributed by atoms with van der Waals surface area (Å²) in [6.07, 6.45) is 3.99. The molecule has 2 fully saturated rings. The van der Waals surface area contributed by atoms with Gasteiger partial charge in [-0.3, -0.25) is 0 Å². The van der Waals surface area contributed by atoms with E-state index in [4.69, 9.17) is 0 Å². The first-order valence-electron chi connectivity index (χ1n) is 3.97. The van der Waals surface area contributed by atoms with Crippen LogP contribution in [0.5, 0.6) is 0 Å². The van der Waals surface area contributed by atoms with E-state index in [2.05, 4.69) is 6.92 Å². The van der Waals surface area contributed by atoms with Crippen molar-refractivity contribution >= 4 is 0 Å². The lowest BCUT2D eigenvalue weighted by molar-refractivity contribution is 0.0662. The molecule has 2 saturated carbocycles. The standard InChI is InChI=1S/C8H14O/c1-5-2-3-6-4-7(6)8(5)9/h5-9H,2-4H2,1H3/t5-,6+,7-,8-/m0/s1. The molecule has 2 aliphatic rings. The second-order valence-electron chi connectivity index (χ2n) is 3.70. The van der Waals surface area contributed by atoms with Crippen molar-refractivity contribution in [3.63, 3.8) is 0 Å². The number of aliphatic hydroxyl groups is 1. The summed E-state index contributed by atoms with van der Waals surface area (Å²) in [6, 6.07) is 0. The monoisotopic (exact) mass is 126 g/mol. The first-order valence-corrected chi connectivity index (χ1v) is 3.97. The highest BCUT2D eigenvalue weighted by atomic mass is 16.3. The maximum atomic E-state index is 9.49. The number of hydrogen-bond donors (Lipinski definition) is 1. The van der Waals surface area contributed by atoms with Crippen molar-refractivity contribution in [1.29, 1.82) is 0 Å². The second-order valence-corrected chi connectivity index (χ2v) is 3.70. The van der Waals surface area contributed by atoms with Crippen LogP contribution in [-0.2, 0) is 0 Å². The van der Waals surface area contributed by atoms with Crippen molar-refractivity contribution < 1.29 is 5.11 Å². The Morgan fingerprint density at radius 3 is 2.78 bits per heavy atom. The Kier molecular flexibility index (Phi) is 1.10. The zero-order valence-corrected chi connectivity index (χ0v) is 5.88. The fourth-order valence-corrected chi connectivity index (χ4v) is 2.09. The highest BCUT2D eigenvalue weighted by molar-refractivity contribution is 4.97. The van der Waals surface area contributed by atoms with Crippen molar-refractivity contribution in [3.8, 4) is 0 Å². The number of fused-ring (bicyclic) bond motifs is 1. The fraction of sp³-hybridized carbons (Fsp3) is 1.00. The molecule has 0 aromatic heterocycles. The van der Waals surface area contributed by atoms with Crippen molar-refractivity contribution in [3.05, 3.63) is 0 Å². The topological polar surface area (TPSA) is 20.2 Å². The molecular weight excluding hydrogens is 112 g/mol. The van der Waals surface area contributed by atoms with Crippen molar-refractivity contribution in [2.45, 2.75) is 32.3 Å². The van der Waals surface area contributed by atoms with Gasteiger partial charge in [-0.05, 0) is 37.0 Å². The summed E-state index contributed by atoms with van der Waals surface area (Å²) in [5, 5.41) is 9.49. The Hall–Kier alpha value is -0.0400. The molecule has 1 nitrogen and oxygen atoms in total. The molecule has 0 aliphatic heterocycles. The Bertz CT molecular complexity index is 120. The van der Waals surface area contributed by atoms with Gasteiger partial charge in [0.05, 0.1) is 6.10 Å².